The Morgan fingerprint density at radius 1 is 1.25 bits per heavy atom. The van der Waals surface area contributed by atoms with Gasteiger partial charge in [-0.05, 0) is 61.2 Å². The first-order valence-electron chi connectivity index (χ1n) is 6.79. The summed E-state index contributed by atoms with van der Waals surface area (Å²) in [5.41, 5.74) is 0.182. The standard InChI is InChI=1S/C14H26O2/c1-10(3-4-15)13-6-11-5-12(13)8-14(2,7-11)9-16/h10-13,15-16H,3-9H2,1-2H3. The summed E-state index contributed by atoms with van der Waals surface area (Å²) in [7, 11) is 0. The molecule has 2 rings (SSSR count). The molecule has 5 unspecified atom stereocenters. The summed E-state index contributed by atoms with van der Waals surface area (Å²) >= 11 is 0. The Morgan fingerprint density at radius 3 is 2.62 bits per heavy atom. The van der Waals surface area contributed by atoms with Gasteiger partial charge < -0.3 is 10.2 Å². The van der Waals surface area contributed by atoms with Crippen LogP contribution in [0.2, 0.25) is 0 Å². The Labute approximate surface area is 99.1 Å². The lowest BCUT2D eigenvalue weighted by Gasteiger charge is -2.37. The molecule has 0 spiro atoms. The van der Waals surface area contributed by atoms with Gasteiger partial charge in [-0.25, -0.2) is 0 Å². The van der Waals surface area contributed by atoms with E-state index in [0.29, 0.717) is 19.1 Å². The third-order valence-electron chi connectivity index (χ3n) is 5.08. The second-order valence-electron chi connectivity index (χ2n) is 6.63. The molecule has 0 aromatic rings. The second kappa shape index (κ2) is 4.66. The van der Waals surface area contributed by atoms with Crippen LogP contribution in [-0.4, -0.2) is 23.4 Å². The van der Waals surface area contributed by atoms with Gasteiger partial charge in [0.1, 0.15) is 0 Å². The Balaban J connectivity index is 2.01. The average molecular weight is 226 g/mol. The van der Waals surface area contributed by atoms with Crippen LogP contribution in [0.5, 0.6) is 0 Å². The molecular formula is C14H26O2. The van der Waals surface area contributed by atoms with Crippen LogP contribution in [0.25, 0.3) is 0 Å². The zero-order chi connectivity index (χ0) is 11.8. The fraction of sp³-hybridized carbons (Fsp3) is 1.00. The van der Waals surface area contributed by atoms with E-state index in [1.54, 1.807) is 0 Å². The zero-order valence-electron chi connectivity index (χ0n) is 10.7. The fourth-order valence-electron chi connectivity index (χ4n) is 4.33. The maximum Gasteiger partial charge on any atom is 0.0484 e. The number of hydrogen-bond donors (Lipinski definition) is 2. The number of aliphatic hydroxyl groups is 2. The Morgan fingerprint density at radius 2 is 2.00 bits per heavy atom. The molecule has 2 fully saturated rings. The number of hydrogen-bond acceptors (Lipinski definition) is 2. The topological polar surface area (TPSA) is 40.5 Å². The predicted octanol–water partition coefficient (Wildman–Crippen LogP) is 2.44. The van der Waals surface area contributed by atoms with Crippen LogP contribution in [0.3, 0.4) is 0 Å². The quantitative estimate of drug-likeness (QED) is 0.773. The van der Waals surface area contributed by atoms with Crippen molar-refractivity contribution in [2.45, 2.75) is 46.0 Å². The van der Waals surface area contributed by atoms with Crippen molar-refractivity contribution >= 4 is 0 Å². The molecule has 2 bridgehead atoms. The van der Waals surface area contributed by atoms with E-state index in [1.165, 1.54) is 25.7 Å². The Hall–Kier alpha value is -0.0800. The summed E-state index contributed by atoms with van der Waals surface area (Å²) in [6.07, 6.45) is 6.06. The fourth-order valence-corrected chi connectivity index (χ4v) is 4.33. The van der Waals surface area contributed by atoms with Crippen LogP contribution in [0.15, 0.2) is 0 Å². The van der Waals surface area contributed by atoms with Crippen LogP contribution < -0.4 is 0 Å². The van der Waals surface area contributed by atoms with Crippen molar-refractivity contribution in [3.8, 4) is 0 Å². The van der Waals surface area contributed by atoms with Crippen LogP contribution in [0.4, 0.5) is 0 Å². The lowest BCUT2D eigenvalue weighted by Crippen LogP contribution is -2.31. The normalized spacial score (nSPS) is 44.6. The summed E-state index contributed by atoms with van der Waals surface area (Å²) in [6, 6.07) is 0. The first-order valence-corrected chi connectivity index (χ1v) is 6.79. The van der Waals surface area contributed by atoms with Crippen LogP contribution in [-0.2, 0) is 0 Å². The number of fused-ring (bicyclic) bond motifs is 2. The van der Waals surface area contributed by atoms with Gasteiger partial charge in [-0.2, -0.15) is 0 Å². The minimum absolute atomic E-state index is 0.182. The predicted molar refractivity (Wildman–Crippen MR) is 65.0 cm³/mol. The SMILES string of the molecule is CC(CCO)C1CC2CC1CC(C)(CO)C2. The minimum Gasteiger partial charge on any atom is -0.396 e. The Bertz CT molecular complexity index is 241. The maximum absolute atomic E-state index is 9.50. The summed E-state index contributed by atoms with van der Waals surface area (Å²) in [6.45, 7) is 5.20. The molecule has 0 aromatic carbocycles. The van der Waals surface area contributed by atoms with Gasteiger partial charge >= 0.3 is 0 Å². The molecule has 0 saturated heterocycles. The van der Waals surface area contributed by atoms with Crippen LogP contribution in [0.1, 0.15) is 46.0 Å². The molecule has 0 heterocycles. The molecule has 0 aliphatic heterocycles. The summed E-state index contributed by atoms with van der Waals surface area (Å²) in [5.74, 6) is 3.09. The van der Waals surface area contributed by atoms with Gasteiger partial charge in [-0.3, -0.25) is 0 Å². The first-order chi connectivity index (χ1) is 7.58. The smallest absolute Gasteiger partial charge is 0.0484 e. The van der Waals surface area contributed by atoms with Crippen molar-refractivity contribution < 1.29 is 10.2 Å². The highest BCUT2D eigenvalue weighted by molar-refractivity contribution is 4.96. The first kappa shape index (κ1) is 12.4. The highest BCUT2D eigenvalue weighted by Crippen LogP contribution is 2.55. The van der Waals surface area contributed by atoms with Gasteiger partial charge in [-0.15, -0.1) is 0 Å². The molecule has 2 N–H and O–H groups in total. The highest BCUT2D eigenvalue weighted by Gasteiger charge is 2.46. The second-order valence-corrected chi connectivity index (χ2v) is 6.63. The van der Waals surface area contributed by atoms with Crippen LogP contribution >= 0.6 is 0 Å². The van der Waals surface area contributed by atoms with Crippen molar-refractivity contribution in [3.63, 3.8) is 0 Å². The van der Waals surface area contributed by atoms with Crippen molar-refractivity contribution in [2.75, 3.05) is 13.2 Å². The van der Waals surface area contributed by atoms with E-state index in [1.807, 2.05) is 0 Å². The third kappa shape index (κ3) is 2.28. The van der Waals surface area contributed by atoms with Gasteiger partial charge in [0.25, 0.3) is 0 Å². The van der Waals surface area contributed by atoms with E-state index in [2.05, 4.69) is 13.8 Å². The van der Waals surface area contributed by atoms with Gasteiger partial charge in [0, 0.05) is 13.2 Å². The lowest BCUT2D eigenvalue weighted by atomic mass is 9.69. The van der Waals surface area contributed by atoms with E-state index in [4.69, 9.17) is 5.11 Å². The largest absolute Gasteiger partial charge is 0.396 e. The monoisotopic (exact) mass is 226 g/mol. The summed E-state index contributed by atoms with van der Waals surface area (Å²) in [5, 5.41) is 18.5. The molecule has 16 heavy (non-hydrogen) atoms. The molecule has 5 atom stereocenters. The average Bonchev–Trinajstić information content (AvgIpc) is 2.55. The maximum atomic E-state index is 9.50. The van der Waals surface area contributed by atoms with Gasteiger partial charge in [0.15, 0.2) is 0 Å². The highest BCUT2D eigenvalue weighted by atomic mass is 16.3. The molecule has 2 aliphatic rings. The Kier molecular flexibility index (Phi) is 3.60. The van der Waals surface area contributed by atoms with E-state index in [-0.39, 0.29) is 5.41 Å². The molecule has 0 aromatic heterocycles. The molecule has 2 saturated carbocycles. The van der Waals surface area contributed by atoms with E-state index >= 15 is 0 Å². The van der Waals surface area contributed by atoms with Crippen molar-refractivity contribution in [3.05, 3.63) is 0 Å². The van der Waals surface area contributed by atoms with E-state index in [0.717, 1.165) is 24.2 Å². The molecular weight excluding hydrogens is 200 g/mol. The van der Waals surface area contributed by atoms with Gasteiger partial charge in [0.2, 0.25) is 0 Å². The van der Waals surface area contributed by atoms with Crippen molar-refractivity contribution in [1.29, 1.82) is 0 Å². The minimum atomic E-state index is 0.182. The molecule has 2 nitrogen and oxygen atoms in total. The van der Waals surface area contributed by atoms with Gasteiger partial charge in [0.05, 0.1) is 0 Å². The van der Waals surface area contributed by atoms with Crippen LogP contribution in [0, 0.1) is 29.1 Å². The molecule has 0 amide bonds. The summed E-state index contributed by atoms with van der Waals surface area (Å²) < 4.78 is 0. The van der Waals surface area contributed by atoms with Gasteiger partial charge in [-0.1, -0.05) is 13.8 Å². The molecule has 0 radical (unpaired) electrons. The zero-order valence-corrected chi connectivity index (χ0v) is 10.7. The third-order valence-corrected chi connectivity index (χ3v) is 5.08. The number of rotatable bonds is 4. The molecule has 2 aliphatic carbocycles. The van der Waals surface area contributed by atoms with E-state index in [9.17, 15) is 5.11 Å². The van der Waals surface area contributed by atoms with Crippen molar-refractivity contribution in [1.82, 2.24) is 0 Å². The summed E-state index contributed by atoms with van der Waals surface area (Å²) in [4.78, 5) is 0. The number of aliphatic hydroxyl groups excluding tert-OH is 2. The molecule has 94 valence electrons. The van der Waals surface area contributed by atoms with E-state index < -0.39 is 0 Å². The molecule has 2 heteroatoms. The lowest BCUT2D eigenvalue weighted by molar-refractivity contribution is 0.0596. The van der Waals surface area contributed by atoms with Crippen molar-refractivity contribution in [2.24, 2.45) is 29.1 Å².